The van der Waals surface area contributed by atoms with Gasteiger partial charge in [0.2, 0.25) is 0 Å². The molecule has 1 unspecified atom stereocenters. The number of rotatable bonds is 42. The van der Waals surface area contributed by atoms with E-state index in [9.17, 15) is 9.59 Å². The molecule has 0 aromatic rings. The zero-order valence-electron chi connectivity index (χ0n) is 36.2. The minimum atomic E-state index is -0.657. The summed E-state index contributed by atoms with van der Waals surface area (Å²) in [5.74, 6) is -0.589. The Morgan fingerprint density at radius 2 is 0.577 bits per heavy atom. The standard InChI is InChI=1S/C34H68O2.C14H28O2/c1-4-7-10-13-16-18-19-21-23-26-29-32-34(35)36-33(30-27-24-15-12-9-6-3)31-28-25-22-20-17-14-11-8-5-2;1-2-3-4-5-6-7-8-9-10-11-12-13-14(15)16/h33H,4-32H2,1-3H3;2-13H2,1H3,(H,15,16). The molecule has 0 rings (SSSR count). The van der Waals surface area contributed by atoms with Gasteiger partial charge in [-0.25, -0.2) is 0 Å². The van der Waals surface area contributed by atoms with E-state index < -0.39 is 5.97 Å². The van der Waals surface area contributed by atoms with Crippen molar-refractivity contribution in [3.8, 4) is 0 Å². The number of esters is 1. The fraction of sp³-hybridized carbons (Fsp3) is 0.958. The molecule has 1 atom stereocenters. The van der Waals surface area contributed by atoms with Crippen molar-refractivity contribution < 1.29 is 19.4 Å². The molecule has 0 heterocycles. The van der Waals surface area contributed by atoms with Crippen LogP contribution in [0, 0.1) is 0 Å². The van der Waals surface area contributed by atoms with Crippen LogP contribution >= 0.6 is 0 Å². The van der Waals surface area contributed by atoms with Crippen LogP contribution in [0.5, 0.6) is 0 Å². The third kappa shape index (κ3) is 48.9. The van der Waals surface area contributed by atoms with Crippen molar-refractivity contribution in [1.29, 1.82) is 0 Å². The van der Waals surface area contributed by atoms with E-state index in [1.807, 2.05) is 0 Å². The van der Waals surface area contributed by atoms with Gasteiger partial charge in [0.05, 0.1) is 0 Å². The Hall–Kier alpha value is -1.06. The number of unbranched alkanes of at least 4 members (excludes halogenated alkanes) is 33. The van der Waals surface area contributed by atoms with Crippen molar-refractivity contribution in [2.45, 2.75) is 297 Å². The van der Waals surface area contributed by atoms with Gasteiger partial charge in [0.1, 0.15) is 6.10 Å². The predicted molar refractivity (Wildman–Crippen MR) is 230 cm³/mol. The first kappa shape index (κ1) is 53.0. The van der Waals surface area contributed by atoms with Crippen LogP contribution in [0.15, 0.2) is 0 Å². The Kier molecular flexibility index (Phi) is 48.9. The first-order chi connectivity index (χ1) is 25.5. The number of carboxylic acids is 1. The van der Waals surface area contributed by atoms with Gasteiger partial charge in [-0.05, 0) is 38.5 Å². The summed E-state index contributed by atoms with van der Waals surface area (Å²) in [6.07, 6.45) is 51.9. The molecule has 0 bridgehead atoms. The molecule has 0 aromatic heterocycles. The van der Waals surface area contributed by atoms with E-state index in [2.05, 4.69) is 27.7 Å². The van der Waals surface area contributed by atoms with Crippen molar-refractivity contribution in [2.24, 2.45) is 0 Å². The second-order valence-corrected chi connectivity index (χ2v) is 16.3. The molecule has 0 saturated heterocycles. The molecule has 4 nitrogen and oxygen atoms in total. The molecule has 0 aromatic carbocycles. The topological polar surface area (TPSA) is 63.6 Å². The number of aliphatic carboxylic acids is 1. The van der Waals surface area contributed by atoms with Crippen LogP contribution in [0.1, 0.15) is 291 Å². The number of hydrogen-bond donors (Lipinski definition) is 1. The van der Waals surface area contributed by atoms with Crippen molar-refractivity contribution >= 4 is 11.9 Å². The smallest absolute Gasteiger partial charge is 0.306 e. The molecule has 1 N–H and O–H groups in total. The summed E-state index contributed by atoms with van der Waals surface area (Å²) in [7, 11) is 0. The minimum absolute atomic E-state index is 0.0674. The zero-order valence-corrected chi connectivity index (χ0v) is 36.2. The van der Waals surface area contributed by atoms with E-state index in [4.69, 9.17) is 9.84 Å². The van der Waals surface area contributed by atoms with E-state index in [-0.39, 0.29) is 12.1 Å². The van der Waals surface area contributed by atoms with Crippen molar-refractivity contribution in [1.82, 2.24) is 0 Å². The second-order valence-electron chi connectivity index (χ2n) is 16.3. The summed E-state index contributed by atoms with van der Waals surface area (Å²) in [5.41, 5.74) is 0. The first-order valence-electron chi connectivity index (χ1n) is 23.9. The maximum atomic E-state index is 12.5. The fourth-order valence-electron chi connectivity index (χ4n) is 7.22. The van der Waals surface area contributed by atoms with Crippen molar-refractivity contribution in [3.63, 3.8) is 0 Å². The molecular formula is C48H96O4. The van der Waals surface area contributed by atoms with Crippen LogP contribution in [-0.2, 0) is 14.3 Å². The number of carbonyl (C=O) groups excluding carboxylic acids is 1. The lowest BCUT2D eigenvalue weighted by Gasteiger charge is -2.18. The predicted octanol–water partition coefficient (Wildman–Crippen LogP) is 17.0. The van der Waals surface area contributed by atoms with E-state index in [1.54, 1.807) is 0 Å². The lowest BCUT2D eigenvalue weighted by atomic mass is 10.0. The minimum Gasteiger partial charge on any atom is -0.481 e. The molecule has 4 heteroatoms. The van der Waals surface area contributed by atoms with Gasteiger partial charge in [-0.1, -0.05) is 240 Å². The average molecular weight is 737 g/mol. The van der Waals surface area contributed by atoms with E-state index in [1.165, 1.54) is 218 Å². The van der Waals surface area contributed by atoms with Crippen LogP contribution in [0.2, 0.25) is 0 Å². The molecule has 0 aliphatic rings. The second kappa shape index (κ2) is 48.0. The quantitative estimate of drug-likeness (QED) is 0.0501. The monoisotopic (exact) mass is 737 g/mol. The van der Waals surface area contributed by atoms with Crippen molar-refractivity contribution in [3.05, 3.63) is 0 Å². The highest BCUT2D eigenvalue weighted by Gasteiger charge is 2.14. The van der Waals surface area contributed by atoms with Gasteiger partial charge >= 0.3 is 11.9 Å². The van der Waals surface area contributed by atoms with Gasteiger partial charge in [-0.3, -0.25) is 9.59 Å². The van der Waals surface area contributed by atoms with Gasteiger partial charge in [-0.15, -0.1) is 0 Å². The summed E-state index contributed by atoms with van der Waals surface area (Å²) in [4.78, 5) is 22.8. The molecule has 0 saturated carbocycles. The molecule has 0 fully saturated rings. The number of carboxylic acid groups (broad SMARTS) is 1. The van der Waals surface area contributed by atoms with Crippen LogP contribution < -0.4 is 0 Å². The third-order valence-corrected chi connectivity index (χ3v) is 10.8. The van der Waals surface area contributed by atoms with Gasteiger partial charge in [-0.2, -0.15) is 0 Å². The highest BCUT2D eigenvalue weighted by molar-refractivity contribution is 5.69. The third-order valence-electron chi connectivity index (χ3n) is 10.8. The van der Waals surface area contributed by atoms with Gasteiger partial charge < -0.3 is 9.84 Å². The summed E-state index contributed by atoms with van der Waals surface area (Å²) in [6, 6.07) is 0. The van der Waals surface area contributed by atoms with Gasteiger partial charge in [0, 0.05) is 12.8 Å². The van der Waals surface area contributed by atoms with Gasteiger partial charge in [0.25, 0.3) is 0 Å². The van der Waals surface area contributed by atoms with E-state index in [0.717, 1.165) is 32.1 Å². The van der Waals surface area contributed by atoms with Gasteiger partial charge in [0.15, 0.2) is 0 Å². The van der Waals surface area contributed by atoms with Crippen molar-refractivity contribution in [2.75, 3.05) is 0 Å². The molecule has 0 radical (unpaired) electrons. The number of hydrogen-bond acceptors (Lipinski definition) is 3. The Balaban J connectivity index is 0. The van der Waals surface area contributed by atoms with Crippen LogP contribution in [-0.4, -0.2) is 23.1 Å². The average Bonchev–Trinajstić information content (AvgIpc) is 3.13. The molecule has 0 amide bonds. The van der Waals surface area contributed by atoms with Crippen LogP contribution in [0.3, 0.4) is 0 Å². The van der Waals surface area contributed by atoms with E-state index in [0.29, 0.717) is 12.8 Å². The lowest BCUT2D eigenvalue weighted by molar-refractivity contribution is -0.150. The maximum absolute atomic E-state index is 12.5. The molecule has 0 spiro atoms. The highest BCUT2D eigenvalue weighted by atomic mass is 16.5. The molecule has 0 aliphatic carbocycles. The summed E-state index contributed by atoms with van der Waals surface area (Å²) in [5, 5.41) is 8.46. The Morgan fingerprint density at radius 1 is 0.346 bits per heavy atom. The number of ether oxygens (including phenoxy) is 1. The highest BCUT2D eigenvalue weighted by Crippen LogP contribution is 2.19. The summed E-state index contributed by atoms with van der Waals surface area (Å²) < 4.78 is 6.00. The zero-order chi connectivity index (χ0) is 38.4. The summed E-state index contributed by atoms with van der Waals surface area (Å²) >= 11 is 0. The largest absolute Gasteiger partial charge is 0.481 e. The van der Waals surface area contributed by atoms with Crippen LogP contribution in [0.4, 0.5) is 0 Å². The molecule has 0 aliphatic heterocycles. The van der Waals surface area contributed by atoms with Crippen LogP contribution in [0.25, 0.3) is 0 Å². The molecule has 312 valence electrons. The maximum Gasteiger partial charge on any atom is 0.306 e. The fourth-order valence-corrected chi connectivity index (χ4v) is 7.22. The Bertz CT molecular complexity index is 677. The SMILES string of the molecule is CCCCCCCCCCCCCC(=O)O.CCCCCCCCCCCCCC(=O)OC(CCCCCCCC)CCCCCCCCCCC. The summed E-state index contributed by atoms with van der Waals surface area (Å²) in [6.45, 7) is 9.09. The molecule has 52 heavy (non-hydrogen) atoms. The Morgan fingerprint density at radius 3 is 0.846 bits per heavy atom. The normalized spacial score (nSPS) is 11.7. The Labute approximate surface area is 327 Å². The van der Waals surface area contributed by atoms with E-state index >= 15 is 0 Å². The first-order valence-corrected chi connectivity index (χ1v) is 23.9. The number of carbonyl (C=O) groups is 2. The lowest BCUT2D eigenvalue weighted by Crippen LogP contribution is -2.18. The molecular weight excluding hydrogens is 641 g/mol.